The maximum atomic E-state index is 3.64. The summed E-state index contributed by atoms with van der Waals surface area (Å²) in [5, 5.41) is 3.64. The monoisotopic (exact) mass is 322 g/mol. The number of hydrogen-bond acceptors (Lipinski definition) is 2. The number of nitrogens with zero attached hydrogens (tertiary/aromatic N) is 1. The molecule has 2 fully saturated rings. The number of piperidine rings is 1. The van der Waals surface area contributed by atoms with Gasteiger partial charge in [-0.2, -0.15) is 0 Å². The molecule has 3 heteroatoms. The molecule has 104 valence electrons. The van der Waals surface area contributed by atoms with Gasteiger partial charge in [-0.05, 0) is 49.3 Å². The minimum Gasteiger partial charge on any atom is -0.371 e. The van der Waals surface area contributed by atoms with Gasteiger partial charge < -0.3 is 10.2 Å². The van der Waals surface area contributed by atoms with Crippen LogP contribution in [0.1, 0.15) is 38.2 Å². The molecule has 1 aliphatic heterocycles. The summed E-state index contributed by atoms with van der Waals surface area (Å²) < 4.78 is 1.19. The lowest BCUT2D eigenvalue weighted by atomic mass is 9.99. The average Bonchev–Trinajstić information content (AvgIpc) is 3.21. The highest BCUT2D eigenvalue weighted by Crippen LogP contribution is 2.30. The second-order valence-electron chi connectivity index (χ2n) is 6.12. The number of benzene rings is 1. The molecular weight excluding hydrogens is 300 g/mol. The van der Waals surface area contributed by atoms with E-state index in [1.165, 1.54) is 54.5 Å². The van der Waals surface area contributed by atoms with Crippen LogP contribution in [0.3, 0.4) is 0 Å². The molecule has 0 bridgehead atoms. The molecule has 1 unspecified atom stereocenters. The van der Waals surface area contributed by atoms with Crippen LogP contribution in [0.4, 0.5) is 5.69 Å². The molecule has 2 nitrogen and oxygen atoms in total. The lowest BCUT2D eigenvalue weighted by molar-refractivity contribution is 0.446. The fourth-order valence-electron chi connectivity index (χ4n) is 2.93. The Bertz CT molecular complexity index is 442. The van der Waals surface area contributed by atoms with Gasteiger partial charge in [-0.3, -0.25) is 0 Å². The first-order valence-electron chi connectivity index (χ1n) is 7.49. The zero-order valence-corrected chi connectivity index (χ0v) is 13.2. The third-order valence-electron chi connectivity index (χ3n) is 4.20. The largest absolute Gasteiger partial charge is 0.371 e. The third kappa shape index (κ3) is 3.51. The minimum atomic E-state index is 0.775. The van der Waals surface area contributed by atoms with Crippen LogP contribution >= 0.6 is 15.9 Å². The summed E-state index contributed by atoms with van der Waals surface area (Å²) in [6, 6.07) is 7.51. The second-order valence-corrected chi connectivity index (χ2v) is 7.04. The van der Waals surface area contributed by atoms with E-state index in [0.29, 0.717) is 0 Å². The molecule has 0 spiro atoms. The summed E-state index contributed by atoms with van der Waals surface area (Å²) in [5.74, 6) is 0.817. The normalized spacial score (nSPS) is 23.7. The van der Waals surface area contributed by atoms with E-state index in [2.05, 4.69) is 51.3 Å². The highest BCUT2D eigenvalue weighted by molar-refractivity contribution is 9.10. The van der Waals surface area contributed by atoms with Gasteiger partial charge in [0.1, 0.15) is 0 Å². The first-order valence-corrected chi connectivity index (χ1v) is 8.28. The Morgan fingerprint density at radius 1 is 1.32 bits per heavy atom. The van der Waals surface area contributed by atoms with E-state index < -0.39 is 0 Å². The van der Waals surface area contributed by atoms with Crippen LogP contribution in [0, 0.1) is 5.92 Å². The van der Waals surface area contributed by atoms with Crippen molar-refractivity contribution in [3.63, 3.8) is 0 Å². The topological polar surface area (TPSA) is 15.3 Å². The summed E-state index contributed by atoms with van der Waals surface area (Å²) in [7, 11) is 0. The first kappa shape index (κ1) is 13.4. The Labute approximate surface area is 124 Å². The van der Waals surface area contributed by atoms with E-state index >= 15 is 0 Å². The van der Waals surface area contributed by atoms with Crippen LogP contribution in [-0.4, -0.2) is 19.1 Å². The molecule has 0 amide bonds. The van der Waals surface area contributed by atoms with Crippen molar-refractivity contribution in [1.82, 2.24) is 5.32 Å². The van der Waals surface area contributed by atoms with Crippen LogP contribution in [0.2, 0.25) is 0 Å². The van der Waals surface area contributed by atoms with Crippen LogP contribution in [0.25, 0.3) is 0 Å². The van der Waals surface area contributed by atoms with E-state index in [1.807, 2.05) is 0 Å². The van der Waals surface area contributed by atoms with Gasteiger partial charge >= 0.3 is 0 Å². The molecule has 1 N–H and O–H groups in total. The van der Waals surface area contributed by atoms with Gasteiger partial charge in [-0.25, -0.2) is 0 Å². The Balaban J connectivity index is 1.77. The number of hydrogen-bond donors (Lipinski definition) is 1. The van der Waals surface area contributed by atoms with E-state index in [-0.39, 0.29) is 0 Å². The van der Waals surface area contributed by atoms with Gasteiger partial charge in [0.15, 0.2) is 0 Å². The minimum absolute atomic E-state index is 0.775. The van der Waals surface area contributed by atoms with Crippen LogP contribution in [0.15, 0.2) is 22.7 Å². The molecule has 1 aromatic carbocycles. The lowest BCUT2D eigenvalue weighted by Crippen LogP contribution is -2.35. The maximum Gasteiger partial charge on any atom is 0.0423 e. The molecule has 1 atom stereocenters. The van der Waals surface area contributed by atoms with Crippen molar-refractivity contribution in [3.8, 4) is 0 Å². The van der Waals surface area contributed by atoms with Crippen molar-refractivity contribution in [1.29, 1.82) is 0 Å². The molecule has 1 saturated carbocycles. The zero-order valence-electron chi connectivity index (χ0n) is 11.7. The molecule has 1 heterocycles. The summed E-state index contributed by atoms with van der Waals surface area (Å²) in [5.41, 5.74) is 2.87. The standard InChI is InChI=1S/C16H23BrN2/c1-12-3-2-8-19(11-12)16-9-14(17)5-4-13(16)10-18-15-6-7-15/h4-5,9,12,15,18H,2-3,6-8,10-11H2,1H3. The lowest BCUT2D eigenvalue weighted by Gasteiger charge is -2.34. The molecular formula is C16H23BrN2. The summed E-state index contributed by atoms with van der Waals surface area (Å²) in [6.45, 7) is 5.79. The third-order valence-corrected chi connectivity index (χ3v) is 4.70. The molecule has 3 rings (SSSR count). The van der Waals surface area contributed by atoms with Gasteiger partial charge in [-0.1, -0.05) is 28.9 Å². The van der Waals surface area contributed by atoms with Crippen molar-refractivity contribution >= 4 is 21.6 Å². The van der Waals surface area contributed by atoms with Crippen LogP contribution in [0.5, 0.6) is 0 Å². The number of anilines is 1. The van der Waals surface area contributed by atoms with Crippen molar-refractivity contribution in [2.45, 2.75) is 45.2 Å². The molecule has 1 saturated heterocycles. The zero-order chi connectivity index (χ0) is 13.2. The Hall–Kier alpha value is -0.540. The first-order chi connectivity index (χ1) is 9.22. The molecule has 1 aromatic rings. The van der Waals surface area contributed by atoms with Gasteiger partial charge in [0.05, 0.1) is 0 Å². The Morgan fingerprint density at radius 2 is 2.16 bits per heavy atom. The van der Waals surface area contributed by atoms with Crippen LogP contribution in [-0.2, 0) is 6.54 Å². The molecule has 2 aliphatic rings. The predicted molar refractivity (Wildman–Crippen MR) is 84.6 cm³/mol. The summed E-state index contributed by atoms with van der Waals surface area (Å²) in [6.07, 6.45) is 5.41. The maximum absolute atomic E-state index is 3.64. The quantitative estimate of drug-likeness (QED) is 0.903. The van der Waals surface area contributed by atoms with Crippen LogP contribution < -0.4 is 10.2 Å². The molecule has 0 radical (unpaired) electrons. The van der Waals surface area contributed by atoms with Gasteiger partial charge in [-0.15, -0.1) is 0 Å². The second kappa shape index (κ2) is 5.84. The number of rotatable bonds is 4. The van der Waals surface area contributed by atoms with Crippen molar-refractivity contribution in [3.05, 3.63) is 28.2 Å². The van der Waals surface area contributed by atoms with Crippen molar-refractivity contribution < 1.29 is 0 Å². The Kier molecular flexibility index (Phi) is 4.13. The highest BCUT2D eigenvalue weighted by atomic mass is 79.9. The van der Waals surface area contributed by atoms with Gasteiger partial charge in [0.25, 0.3) is 0 Å². The molecule has 0 aromatic heterocycles. The smallest absolute Gasteiger partial charge is 0.0423 e. The number of nitrogens with one attached hydrogen (secondary N) is 1. The fraction of sp³-hybridized carbons (Fsp3) is 0.625. The van der Waals surface area contributed by atoms with E-state index in [4.69, 9.17) is 0 Å². The van der Waals surface area contributed by atoms with Gasteiger partial charge in [0, 0.05) is 35.8 Å². The molecule has 19 heavy (non-hydrogen) atoms. The number of halogens is 1. The highest BCUT2D eigenvalue weighted by Gasteiger charge is 2.22. The average molecular weight is 323 g/mol. The SMILES string of the molecule is CC1CCCN(c2cc(Br)ccc2CNC2CC2)C1. The summed E-state index contributed by atoms with van der Waals surface area (Å²) in [4.78, 5) is 2.57. The predicted octanol–water partition coefficient (Wildman–Crippen LogP) is 3.94. The molecule has 1 aliphatic carbocycles. The van der Waals surface area contributed by atoms with E-state index in [9.17, 15) is 0 Å². The summed E-state index contributed by atoms with van der Waals surface area (Å²) >= 11 is 3.62. The van der Waals surface area contributed by atoms with E-state index in [1.54, 1.807) is 0 Å². The van der Waals surface area contributed by atoms with Crippen molar-refractivity contribution in [2.24, 2.45) is 5.92 Å². The van der Waals surface area contributed by atoms with Gasteiger partial charge in [0.2, 0.25) is 0 Å². The Morgan fingerprint density at radius 3 is 2.89 bits per heavy atom. The van der Waals surface area contributed by atoms with Crippen molar-refractivity contribution in [2.75, 3.05) is 18.0 Å². The fourth-order valence-corrected chi connectivity index (χ4v) is 3.28. The van der Waals surface area contributed by atoms with E-state index in [0.717, 1.165) is 18.5 Å².